The molecular weight excluding hydrogens is 520 g/mol. The summed E-state index contributed by atoms with van der Waals surface area (Å²) in [5.74, 6) is -0.296. The second kappa shape index (κ2) is 11.0. The smallest absolute Gasteiger partial charge is 0.459 e. The topological polar surface area (TPSA) is 171 Å². The van der Waals surface area contributed by atoms with Crippen LogP contribution in [0, 0.1) is 0 Å². The zero-order chi connectivity index (χ0) is 27.7. The SMILES string of the molecule is CC(C)OC(=O)[C@@H](C)NP(=O)(OC[C@H]1O[C@@H](c2c[nH]c3c(N)ncnc23)[C@](C)(F)[C@@H]1O)Oc1ccccc1. The molecule has 2 aromatic heterocycles. The van der Waals surface area contributed by atoms with Gasteiger partial charge in [-0.15, -0.1) is 0 Å². The van der Waals surface area contributed by atoms with Gasteiger partial charge in [0.1, 0.15) is 41.9 Å². The van der Waals surface area contributed by atoms with E-state index >= 15 is 4.39 Å². The van der Waals surface area contributed by atoms with Crippen LogP contribution in [0.4, 0.5) is 10.2 Å². The molecule has 206 valence electrons. The Balaban J connectivity index is 1.54. The number of nitrogens with zero attached hydrogens (tertiary/aromatic N) is 2. The largest absolute Gasteiger partial charge is 0.462 e. The fraction of sp³-hybridized carbons (Fsp3) is 0.458. The van der Waals surface area contributed by atoms with E-state index in [2.05, 4.69) is 20.0 Å². The van der Waals surface area contributed by atoms with Crippen molar-refractivity contribution in [2.45, 2.75) is 63.8 Å². The quantitative estimate of drug-likeness (QED) is 0.215. The molecule has 38 heavy (non-hydrogen) atoms. The number of fused-ring (bicyclic) bond motifs is 1. The lowest BCUT2D eigenvalue weighted by Gasteiger charge is -2.25. The molecule has 3 aromatic rings. The van der Waals surface area contributed by atoms with E-state index in [0.29, 0.717) is 16.6 Å². The normalized spacial score (nSPS) is 25.8. The van der Waals surface area contributed by atoms with E-state index < -0.39 is 56.4 Å². The zero-order valence-electron chi connectivity index (χ0n) is 21.3. The summed E-state index contributed by atoms with van der Waals surface area (Å²) in [6.07, 6.45) is -1.83. The Labute approximate surface area is 218 Å². The van der Waals surface area contributed by atoms with Crippen molar-refractivity contribution in [1.29, 1.82) is 0 Å². The molecular formula is C24H31FN5O7P. The number of nitrogen functional groups attached to an aromatic ring is 1. The number of rotatable bonds is 10. The van der Waals surface area contributed by atoms with Crippen LogP contribution in [0.3, 0.4) is 0 Å². The molecule has 1 aliphatic rings. The fourth-order valence-electron chi connectivity index (χ4n) is 4.09. The number of nitrogens with one attached hydrogen (secondary N) is 2. The van der Waals surface area contributed by atoms with Gasteiger partial charge in [0.2, 0.25) is 0 Å². The Morgan fingerprint density at radius 1 is 1.32 bits per heavy atom. The fourth-order valence-corrected chi connectivity index (χ4v) is 5.60. The number of halogens is 1. The van der Waals surface area contributed by atoms with Crippen LogP contribution in [0.5, 0.6) is 5.75 Å². The molecule has 1 fully saturated rings. The van der Waals surface area contributed by atoms with Crippen molar-refractivity contribution in [2.75, 3.05) is 12.3 Å². The number of ether oxygens (including phenoxy) is 2. The summed E-state index contributed by atoms with van der Waals surface area (Å²) in [4.78, 5) is 23.3. The average molecular weight is 552 g/mol. The lowest BCUT2D eigenvalue weighted by atomic mass is 9.91. The highest BCUT2D eigenvalue weighted by Gasteiger charge is 2.55. The van der Waals surface area contributed by atoms with E-state index in [0.717, 1.165) is 0 Å². The van der Waals surface area contributed by atoms with E-state index in [1.165, 1.54) is 26.4 Å². The van der Waals surface area contributed by atoms with Crippen molar-refractivity contribution in [2.24, 2.45) is 0 Å². The summed E-state index contributed by atoms with van der Waals surface area (Å²) in [5, 5.41) is 13.3. The molecule has 0 saturated carbocycles. The molecule has 1 saturated heterocycles. The minimum absolute atomic E-state index is 0.176. The first kappa shape index (κ1) is 27.9. The van der Waals surface area contributed by atoms with Gasteiger partial charge in [-0.05, 0) is 39.8 Å². The van der Waals surface area contributed by atoms with Gasteiger partial charge in [-0.2, -0.15) is 5.09 Å². The highest BCUT2D eigenvalue weighted by molar-refractivity contribution is 7.52. The molecule has 0 aliphatic carbocycles. The van der Waals surface area contributed by atoms with Crippen LogP contribution in [-0.4, -0.2) is 62.7 Å². The Bertz CT molecular complexity index is 1320. The van der Waals surface area contributed by atoms with Gasteiger partial charge in [0.25, 0.3) is 0 Å². The maximum atomic E-state index is 15.8. The number of hydrogen-bond acceptors (Lipinski definition) is 10. The number of nitrogens with two attached hydrogens (primary N) is 1. The van der Waals surface area contributed by atoms with E-state index in [1.807, 2.05) is 0 Å². The predicted octanol–water partition coefficient (Wildman–Crippen LogP) is 3.20. The number of benzene rings is 1. The van der Waals surface area contributed by atoms with Gasteiger partial charge >= 0.3 is 13.7 Å². The van der Waals surface area contributed by atoms with Crippen molar-refractivity contribution in [1.82, 2.24) is 20.0 Å². The average Bonchev–Trinajstić information content (AvgIpc) is 3.37. The molecule has 3 heterocycles. The summed E-state index contributed by atoms with van der Waals surface area (Å²) in [5.41, 5.74) is 4.67. The minimum atomic E-state index is -4.25. The van der Waals surface area contributed by atoms with Crippen LogP contribution in [0.15, 0.2) is 42.9 Å². The first-order valence-electron chi connectivity index (χ1n) is 12.0. The van der Waals surface area contributed by atoms with Crippen LogP contribution in [0.2, 0.25) is 0 Å². The predicted molar refractivity (Wildman–Crippen MR) is 136 cm³/mol. The molecule has 1 unspecified atom stereocenters. The third kappa shape index (κ3) is 5.82. The molecule has 0 radical (unpaired) electrons. The van der Waals surface area contributed by atoms with E-state index in [1.54, 1.807) is 44.2 Å². The molecule has 1 aliphatic heterocycles. The Hall–Kier alpha value is -3.09. The molecule has 1 aromatic carbocycles. The summed E-state index contributed by atoms with van der Waals surface area (Å²) >= 11 is 0. The first-order chi connectivity index (χ1) is 17.9. The van der Waals surface area contributed by atoms with Crippen LogP contribution in [-0.2, 0) is 23.4 Å². The van der Waals surface area contributed by atoms with Crippen LogP contribution in [0.25, 0.3) is 11.0 Å². The highest BCUT2D eigenvalue weighted by atomic mass is 31.2. The van der Waals surface area contributed by atoms with Crippen molar-refractivity contribution in [3.63, 3.8) is 0 Å². The van der Waals surface area contributed by atoms with Crippen molar-refractivity contribution in [3.05, 3.63) is 48.4 Å². The summed E-state index contributed by atoms with van der Waals surface area (Å²) in [7, 11) is -4.25. The van der Waals surface area contributed by atoms with Gasteiger partial charge in [-0.1, -0.05) is 18.2 Å². The van der Waals surface area contributed by atoms with E-state index in [-0.39, 0.29) is 11.6 Å². The lowest BCUT2D eigenvalue weighted by Crippen LogP contribution is -2.40. The Morgan fingerprint density at radius 2 is 2.03 bits per heavy atom. The Kier molecular flexibility index (Phi) is 8.05. The number of para-hydroxylation sites is 1. The third-order valence-electron chi connectivity index (χ3n) is 5.99. The summed E-state index contributed by atoms with van der Waals surface area (Å²) in [6.45, 7) is 5.46. The van der Waals surface area contributed by atoms with E-state index in [4.69, 9.17) is 24.3 Å². The van der Waals surface area contributed by atoms with Gasteiger partial charge in [0, 0.05) is 11.8 Å². The number of H-pyrrole nitrogens is 1. The number of aliphatic hydroxyl groups excluding tert-OH is 1. The summed E-state index contributed by atoms with van der Waals surface area (Å²) < 4.78 is 51.7. The molecule has 0 bridgehead atoms. The van der Waals surface area contributed by atoms with Gasteiger partial charge in [-0.3, -0.25) is 9.32 Å². The monoisotopic (exact) mass is 551 g/mol. The number of aliphatic hydroxyl groups is 1. The second-order valence-electron chi connectivity index (χ2n) is 9.41. The number of hydrogen-bond donors (Lipinski definition) is 4. The third-order valence-corrected chi connectivity index (χ3v) is 7.64. The molecule has 4 rings (SSSR count). The minimum Gasteiger partial charge on any atom is -0.462 e. The number of alkyl halides is 1. The van der Waals surface area contributed by atoms with Gasteiger partial charge in [0.05, 0.1) is 18.2 Å². The van der Waals surface area contributed by atoms with E-state index in [9.17, 15) is 14.5 Å². The molecule has 12 nitrogen and oxygen atoms in total. The molecule has 14 heteroatoms. The second-order valence-corrected chi connectivity index (χ2v) is 11.1. The van der Waals surface area contributed by atoms with Crippen molar-refractivity contribution in [3.8, 4) is 5.75 Å². The summed E-state index contributed by atoms with van der Waals surface area (Å²) in [6, 6.07) is 7.09. The number of carbonyl (C=O) groups excluding carboxylic acids is 1. The molecule has 6 atom stereocenters. The maximum Gasteiger partial charge on any atom is 0.459 e. The number of aromatic amines is 1. The number of anilines is 1. The maximum absolute atomic E-state index is 15.8. The first-order valence-corrected chi connectivity index (χ1v) is 13.5. The van der Waals surface area contributed by atoms with Crippen LogP contribution in [0.1, 0.15) is 39.4 Å². The molecule has 0 spiro atoms. The number of esters is 1. The molecule has 5 N–H and O–H groups in total. The highest BCUT2D eigenvalue weighted by Crippen LogP contribution is 2.49. The Morgan fingerprint density at radius 3 is 2.71 bits per heavy atom. The van der Waals surface area contributed by atoms with Crippen LogP contribution < -0.4 is 15.3 Å². The van der Waals surface area contributed by atoms with Crippen LogP contribution >= 0.6 is 7.75 Å². The zero-order valence-corrected chi connectivity index (χ0v) is 22.2. The standard InChI is InChI=1S/C24H31FN5O7P/c1-13(2)35-23(32)14(3)30-38(33,37-15-8-6-5-7-9-15)34-11-17-20(31)24(4,25)21(36-17)16-10-27-19-18(16)28-12-29-22(19)26/h5-10,12-14,17,20-21,27,31H,11H2,1-4H3,(H,30,33)(H2,26,28,29)/t14-,17-,20-,21+,24-,38?/m1/s1. The van der Waals surface area contributed by atoms with Gasteiger partial charge in [0.15, 0.2) is 11.5 Å². The van der Waals surface area contributed by atoms with Crippen molar-refractivity contribution < 1.29 is 37.4 Å². The lowest BCUT2D eigenvalue weighted by molar-refractivity contribution is -0.149. The van der Waals surface area contributed by atoms with Crippen molar-refractivity contribution >= 4 is 30.6 Å². The number of aromatic nitrogens is 3. The van der Waals surface area contributed by atoms with Gasteiger partial charge in [-0.25, -0.2) is 18.9 Å². The molecule has 0 amide bonds. The van der Waals surface area contributed by atoms with Gasteiger partial charge < -0.3 is 29.8 Å². The number of carbonyl (C=O) groups is 1.